The molecule has 1 N–H and O–H groups in total. The number of sulfone groups is 1. The van der Waals surface area contributed by atoms with Gasteiger partial charge in [-0.15, -0.1) is 11.3 Å². The molecule has 144 valence electrons. The van der Waals surface area contributed by atoms with Crippen LogP contribution in [0, 0.1) is 0 Å². The van der Waals surface area contributed by atoms with Crippen LogP contribution in [0.2, 0.25) is 0 Å². The number of thiophene rings is 1. The number of carbonyl (C=O) groups is 2. The molecule has 6 nitrogen and oxygen atoms in total. The molecule has 1 fully saturated rings. The molecule has 1 saturated heterocycles. The quantitative estimate of drug-likeness (QED) is 0.799. The summed E-state index contributed by atoms with van der Waals surface area (Å²) in [4.78, 5) is 27.5. The summed E-state index contributed by atoms with van der Waals surface area (Å²) in [5.74, 6) is -0.294. The van der Waals surface area contributed by atoms with Crippen molar-refractivity contribution in [2.75, 3.05) is 29.9 Å². The maximum atomic E-state index is 12.6. The van der Waals surface area contributed by atoms with Crippen molar-refractivity contribution in [3.8, 4) is 0 Å². The van der Waals surface area contributed by atoms with Gasteiger partial charge in [0.2, 0.25) is 5.91 Å². The second-order valence-electron chi connectivity index (χ2n) is 6.51. The van der Waals surface area contributed by atoms with E-state index >= 15 is 0 Å². The Kier molecular flexibility index (Phi) is 6.28. The van der Waals surface area contributed by atoms with Crippen LogP contribution >= 0.6 is 11.3 Å². The molecule has 1 aromatic carbocycles. The van der Waals surface area contributed by atoms with Crippen molar-refractivity contribution >= 4 is 38.7 Å². The van der Waals surface area contributed by atoms with Crippen LogP contribution in [0.1, 0.15) is 28.1 Å². The maximum absolute atomic E-state index is 12.6. The Morgan fingerprint density at radius 3 is 2.59 bits per heavy atom. The van der Waals surface area contributed by atoms with Crippen LogP contribution in [-0.4, -0.2) is 49.7 Å². The summed E-state index contributed by atoms with van der Waals surface area (Å²) >= 11 is 1.69. The van der Waals surface area contributed by atoms with Crippen LogP contribution in [0.3, 0.4) is 0 Å². The van der Waals surface area contributed by atoms with Gasteiger partial charge in [-0.3, -0.25) is 9.59 Å². The van der Waals surface area contributed by atoms with Crippen LogP contribution in [0.15, 0.2) is 41.8 Å². The van der Waals surface area contributed by atoms with Gasteiger partial charge in [-0.2, -0.15) is 0 Å². The molecule has 3 rings (SSSR count). The molecule has 0 aliphatic carbocycles. The molecule has 1 aliphatic heterocycles. The number of rotatable bonds is 6. The van der Waals surface area contributed by atoms with Crippen molar-refractivity contribution in [2.24, 2.45) is 0 Å². The van der Waals surface area contributed by atoms with Gasteiger partial charge in [-0.25, -0.2) is 8.42 Å². The van der Waals surface area contributed by atoms with Crippen molar-refractivity contribution in [1.29, 1.82) is 0 Å². The minimum atomic E-state index is -3.03. The average molecular weight is 407 g/mol. The van der Waals surface area contributed by atoms with Gasteiger partial charge in [0.05, 0.1) is 11.5 Å². The number of carbonyl (C=O) groups excluding carboxylic acids is 2. The van der Waals surface area contributed by atoms with E-state index in [1.54, 1.807) is 40.5 Å². The highest BCUT2D eigenvalue weighted by atomic mass is 32.2. The topological polar surface area (TPSA) is 83.6 Å². The molecule has 1 aromatic heterocycles. The fourth-order valence-corrected chi connectivity index (χ4v) is 4.88. The second kappa shape index (κ2) is 8.67. The van der Waals surface area contributed by atoms with E-state index in [4.69, 9.17) is 0 Å². The van der Waals surface area contributed by atoms with Crippen molar-refractivity contribution in [3.63, 3.8) is 0 Å². The number of nitrogens with one attached hydrogen (secondary N) is 1. The molecule has 27 heavy (non-hydrogen) atoms. The standard InChI is InChI=1S/C19H22N2O4S2/c22-18(8-2-6-17-7-3-11-26-17)20-16-5-1-4-15(14-16)19(23)21-9-12-27(24,25)13-10-21/h1,3-5,7,11,14H,2,6,8-10,12-13H2,(H,20,22). The van der Waals surface area contributed by atoms with Gasteiger partial charge < -0.3 is 10.2 Å². The van der Waals surface area contributed by atoms with Gasteiger partial charge in [0.1, 0.15) is 0 Å². The lowest BCUT2D eigenvalue weighted by Crippen LogP contribution is -2.43. The van der Waals surface area contributed by atoms with Crippen LogP contribution in [0.4, 0.5) is 5.69 Å². The van der Waals surface area contributed by atoms with Crippen molar-refractivity contribution in [2.45, 2.75) is 19.3 Å². The molecule has 0 spiro atoms. The molecule has 2 aromatic rings. The Morgan fingerprint density at radius 1 is 1.11 bits per heavy atom. The van der Waals surface area contributed by atoms with Crippen LogP contribution in [-0.2, 0) is 21.1 Å². The number of aryl methyl sites for hydroxylation is 1. The first kappa shape index (κ1) is 19.6. The normalized spacial score (nSPS) is 16.1. The lowest BCUT2D eigenvalue weighted by atomic mass is 10.1. The minimum Gasteiger partial charge on any atom is -0.337 e. The number of hydrogen-bond acceptors (Lipinski definition) is 5. The molecule has 1 aliphatic rings. The van der Waals surface area contributed by atoms with Crippen molar-refractivity contribution in [3.05, 3.63) is 52.2 Å². The molecule has 0 atom stereocenters. The third kappa shape index (κ3) is 5.64. The first-order valence-corrected chi connectivity index (χ1v) is 11.5. The van der Waals surface area contributed by atoms with E-state index in [1.807, 2.05) is 11.4 Å². The lowest BCUT2D eigenvalue weighted by molar-refractivity contribution is -0.116. The van der Waals surface area contributed by atoms with E-state index in [0.717, 1.165) is 12.8 Å². The van der Waals surface area contributed by atoms with Crippen LogP contribution in [0.25, 0.3) is 0 Å². The molecule has 2 heterocycles. The number of anilines is 1. The summed E-state index contributed by atoms with van der Waals surface area (Å²) in [5.41, 5.74) is 1.03. The third-order valence-electron chi connectivity index (χ3n) is 4.43. The van der Waals surface area contributed by atoms with Gasteiger partial charge in [-0.05, 0) is 42.5 Å². The van der Waals surface area contributed by atoms with E-state index < -0.39 is 9.84 Å². The Balaban J connectivity index is 1.53. The predicted molar refractivity (Wildman–Crippen MR) is 107 cm³/mol. The molecular weight excluding hydrogens is 384 g/mol. The zero-order chi connectivity index (χ0) is 19.3. The largest absolute Gasteiger partial charge is 0.337 e. The third-order valence-corrected chi connectivity index (χ3v) is 6.98. The van der Waals surface area contributed by atoms with E-state index in [1.165, 1.54) is 4.88 Å². The highest BCUT2D eigenvalue weighted by Crippen LogP contribution is 2.16. The van der Waals surface area contributed by atoms with Gasteiger partial charge in [0, 0.05) is 35.6 Å². The number of hydrogen-bond donors (Lipinski definition) is 1. The Morgan fingerprint density at radius 2 is 1.89 bits per heavy atom. The summed E-state index contributed by atoms with van der Waals surface area (Å²) in [6, 6.07) is 10.8. The van der Waals surface area contributed by atoms with E-state index in [9.17, 15) is 18.0 Å². The number of amides is 2. The molecule has 0 bridgehead atoms. The van der Waals surface area contributed by atoms with Crippen LogP contribution in [0.5, 0.6) is 0 Å². The molecular formula is C19H22N2O4S2. The number of benzene rings is 1. The lowest BCUT2D eigenvalue weighted by Gasteiger charge is -2.26. The fraction of sp³-hybridized carbons (Fsp3) is 0.368. The monoisotopic (exact) mass is 406 g/mol. The Bertz CT molecular complexity index is 894. The zero-order valence-corrected chi connectivity index (χ0v) is 16.5. The van der Waals surface area contributed by atoms with E-state index in [-0.39, 0.29) is 36.4 Å². The molecule has 8 heteroatoms. The van der Waals surface area contributed by atoms with Crippen molar-refractivity contribution < 1.29 is 18.0 Å². The highest BCUT2D eigenvalue weighted by molar-refractivity contribution is 7.91. The maximum Gasteiger partial charge on any atom is 0.253 e. The van der Waals surface area contributed by atoms with Crippen molar-refractivity contribution in [1.82, 2.24) is 4.90 Å². The first-order valence-electron chi connectivity index (χ1n) is 8.85. The van der Waals surface area contributed by atoms with Gasteiger partial charge in [0.15, 0.2) is 9.84 Å². The van der Waals surface area contributed by atoms with Gasteiger partial charge in [0.25, 0.3) is 5.91 Å². The zero-order valence-electron chi connectivity index (χ0n) is 14.9. The summed E-state index contributed by atoms with van der Waals surface area (Å²) in [6.45, 7) is 0.418. The smallest absolute Gasteiger partial charge is 0.253 e. The average Bonchev–Trinajstić information content (AvgIpc) is 3.15. The second-order valence-corrected chi connectivity index (χ2v) is 9.84. The number of nitrogens with zero attached hydrogens (tertiary/aromatic N) is 1. The van der Waals surface area contributed by atoms with Crippen LogP contribution < -0.4 is 5.32 Å². The van der Waals surface area contributed by atoms with E-state index in [0.29, 0.717) is 17.7 Å². The molecule has 2 amide bonds. The summed E-state index contributed by atoms with van der Waals surface area (Å²) in [5, 5.41) is 4.85. The molecule has 0 radical (unpaired) electrons. The summed E-state index contributed by atoms with van der Waals surface area (Å²) in [6.07, 6.45) is 2.06. The van der Waals surface area contributed by atoms with E-state index in [2.05, 4.69) is 11.4 Å². The highest BCUT2D eigenvalue weighted by Gasteiger charge is 2.25. The van der Waals surface area contributed by atoms with Gasteiger partial charge >= 0.3 is 0 Å². The predicted octanol–water partition coefficient (Wildman–Crippen LogP) is 2.58. The first-order chi connectivity index (χ1) is 12.9. The fourth-order valence-electron chi connectivity index (χ4n) is 2.93. The molecule has 0 saturated carbocycles. The Hall–Kier alpha value is -2.19. The molecule has 0 unspecified atom stereocenters. The summed E-state index contributed by atoms with van der Waals surface area (Å²) in [7, 11) is -3.03. The SMILES string of the molecule is O=C(CCCc1cccs1)Nc1cccc(C(=O)N2CCS(=O)(=O)CC2)c1. The minimum absolute atomic E-state index is 0.000588. The Labute approximate surface area is 163 Å². The summed E-state index contributed by atoms with van der Waals surface area (Å²) < 4.78 is 23.0. The van der Waals surface area contributed by atoms with Gasteiger partial charge in [-0.1, -0.05) is 12.1 Å².